The van der Waals surface area contributed by atoms with E-state index in [0.717, 1.165) is 10.5 Å². The molecule has 1 saturated heterocycles. The number of halogens is 1. The first-order valence-corrected chi connectivity index (χ1v) is 8.76. The summed E-state index contributed by atoms with van der Waals surface area (Å²) in [6, 6.07) is 12.1. The van der Waals surface area contributed by atoms with E-state index in [4.69, 9.17) is 0 Å². The van der Waals surface area contributed by atoms with Crippen LogP contribution in [0, 0.1) is 5.82 Å². The van der Waals surface area contributed by atoms with Crippen molar-refractivity contribution in [2.45, 2.75) is 32.2 Å². The molecule has 1 heterocycles. The first-order chi connectivity index (χ1) is 12.7. The van der Waals surface area contributed by atoms with E-state index in [1.807, 2.05) is 26.0 Å². The van der Waals surface area contributed by atoms with E-state index < -0.39 is 29.8 Å². The van der Waals surface area contributed by atoms with Gasteiger partial charge in [-0.25, -0.2) is 9.18 Å². The Bertz CT molecular complexity index is 908. The summed E-state index contributed by atoms with van der Waals surface area (Å²) in [7, 11) is 0. The fourth-order valence-corrected chi connectivity index (χ4v) is 3.18. The molecule has 0 aromatic heterocycles. The van der Waals surface area contributed by atoms with Crippen molar-refractivity contribution >= 4 is 17.7 Å². The maximum atomic E-state index is 14.2. The molecule has 0 radical (unpaired) electrons. The van der Waals surface area contributed by atoms with E-state index in [1.54, 1.807) is 18.2 Å². The van der Waals surface area contributed by atoms with Crippen LogP contribution in [0.5, 0.6) is 0 Å². The number of rotatable bonds is 5. The normalized spacial score (nSPS) is 19.5. The molecule has 1 aliphatic heterocycles. The summed E-state index contributed by atoms with van der Waals surface area (Å²) in [5, 5.41) is 2.51. The number of nitrogens with one attached hydrogen (secondary N) is 1. The van der Waals surface area contributed by atoms with Gasteiger partial charge in [-0.15, -0.1) is 0 Å². The number of benzene rings is 2. The molecule has 6 heteroatoms. The molecule has 2 aromatic carbocycles. The van der Waals surface area contributed by atoms with E-state index in [0.29, 0.717) is 11.5 Å². The zero-order valence-electron chi connectivity index (χ0n) is 15.5. The minimum Gasteiger partial charge on any atom is -0.319 e. The summed E-state index contributed by atoms with van der Waals surface area (Å²) in [6.45, 7) is 5.14. The van der Waals surface area contributed by atoms with Crippen LogP contribution >= 0.6 is 0 Å². The molecular weight excluding hydrogens is 347 g/mol. The fraction of sp³-hybridized carbons (Fsp3) is 0.286. The Labute approximate surface area is 157 Å². The third-order valence-electron chi connectivity index (χ3n) is 4.89. The predicted molar refractivity (Wildman–Crippen MR) is 98.9 cm³/mol. The largest absolute Gasteiger partial charge is 0.325 e. The number of hydrogen-bond acceptors (Lipinski definition) is 3. The second kappa shape index (κ2) is 6.95. The van der Waals surface area contributed by atoms with Gasteiger partial charge >= 0.3 is 6.03 Å². The molecule has 0 saturated carbocycles. The third-order valence-corrected chi connectivity index (χ3v) is 4.89. The highest BCUT2D eigenvalue weighted by molar-refractivity contribution is 6.11. The van der Waals surface area contributed by atoms with Crippen LogP contribution in [0.15, 0.2) is 48.5 Å². The van der Waals surface area contributed by atoms with Gasteiger partial charge in [0.05, 0.1) is 6.54 Å². The minimum atomic E-state index is -1.54. The van der Waals surface area contributed by atoms with Crippen molar-refractivity contribution in [3.05, 3.63) is 71.0 Å². The number of amides is 3. The lowest BCUT2D eigenvalue weighted by Gasteiger charge is -2.22. The molecular formula is C21H21FN2O3. The molecule has 27 heavy (non-hydrogen) atoms. The van der Waals surface area contributed by atoms with E-state index >= 15 is 0 Å². The van der Waals surface area contributed by atoms with Gasteiger partial charge in [-0.3, -0.25) is 14.5 Å². The molecule has 3 amide bonds. The van der Waals surface area contributed by atoms with Gasteiger partial charge < -0.3 is 5.32 Å². The maximum absolute atomic E-state index is 14.2. The summed E-state index contributed by atoms with van der Waals surface area (Å²) in [5.74, 6) is -1.26. The van der Waals surface area contributed by atoms with Gasteiger partial charge in [0.2, 0.25) is 0 Å². The van der Waals surface area contributed by atoms with Gasteiger partial charge in [0.1, 0.15) is 11.4 Å². The quantitative estimate of drug-likeness (QED) is 0.648. The van der Waals surface area contributed by atoms with Crippen molar-refractivity contribution in [2.75, 3.05) is 6.54 Å². The molecule has 1 N–H and O–H groups in total. The number of Topliss-reactive ketones (excluding diaryl/α,β-unsaturated/α-hetero) is 1. The standard InChI is InChI=1S/C21H21FN2O3/c1-13(2)14-8-10-15(11-9-14)18(25)12-24-19(26)21(3,23-20(24)27)16-6-4-5-7-17(16)22/h4-11,13H,12H2,1-3H3,(H,23,27). The Hall–Kier alpha value is -3.02. The van der Waals surface area contributed by atoms with Crippen LogP contribution in [0.4, 0.5) is 9.18 Å². The number of nitrogens with zero attached hydrogens (tertiary/aromatic N) is 1. The lowest BCUT2D eigenvalue weighted by Crippen LogP contribution is -2.42. The smallest absolute Gasteiger partial charge is 0.319 e. The highest BCUT2D eigenvalue weighted by Gasteiger charge is 2.50. The van der Waals surface area contributed by atoms with Crippen molar-refractivity contribution in [3.63, 3.8) is 0 Å². The lowest BCUT2D eigenvalue weighted by atomic mass is 9.91. The van der Waals surface area contributed by atoms with Crippen molar-refractivity contribution < 1.29 is 18.8 Å². The van der Waals surface area contributed by atoms with Gasteiger partial charge in [0.25, 0.3) is 5.91 Å². The van der Waals surface area contributed by atoms with E-state index in [2.05, 4.69) is 5.32 Å². The summed E-state index contributed by atoms with van der Waals surface area (Å²) >= 11 is 0. The molecule has 0 bridgehead atoms. The topological polar surface area (TPSA) is 66.5 Å². The first-order valence-electron chi connectivity index (χ1n) is 8.76. The average molecular weight is 368 g/mol. The van der Waals surface area contributed by atoms with Crippen molar-refractivity contribution in [1.82, 2.24) is 10.2 Å². The number of urea groups is 1. The molecule has 3 rings (SSSR count). The Morgan fingerprint density at radius 2 is 1.74 bits per heavy atom. The molecule has 140 valence electrons. The summed E-state index contributed by atoms with van der Waals surface area (Å²) in [6.07, 6.45) is 0. The number of ketones is 1. The van der Waals surface area contributed by atoms with Crippen molar-refractivity contribution in [1.29, 1.82) is 0 Å². The second-order valence-electron chi connectivity index (χ2n) is 7.13. The number of carbonyl (C=O) groups excluding carboxylic acids is 3. The zero-order valence-corrected chi connectivity index (χ0v) is 15.5. The van der Waals surface area contributed by atoms with Gasteiger partial charge in [-0.2, -0.15) is 0 Å². The van der Waals surface area contributed by atoms with Crippen molar-refractivity contribution in [3.8, 4) is 0 Å². The first kappa shape index (κ1) is 18.8. The molecule has 2 aromatic rings. The number of hydrogen-bond donors (Lipinski definition) is 1. The van der Waals surface area contributed by atoms with E-state index in [9.17, 15) is 18.8 Å². The molecule has 1 atom stereocenters. The number of carbonyl (C=O) groups is 3. The Morgan fingerprint density at radius 3 is 2.33 bits per heavy atom. The molecule has 1 unspecified atom stereocenters. The lowest BCUT2D eigenvalue weighted by molar-refractivity contribution is -0.130. The van der Waals surface area contributed by atoms with Gasteiger partial charge in [-0.1, -0.05) is 56.3 Å². The van der Waals surface area contributed by atoms with Crippen LogP contribution in [-0.2, 0) is 10.3 Å². The maximum Gasteiger partial charge on any atom is 0.325 e. The molecule has 0 aliphatic carbocycles. The van der Waals surface area contributed by atoms with Gasteiger partial charge in [0, 0.05) is 11.1 Å². The highest BCUT2D eigenvalue weighted by Crippen LogP contribution is 2.30. The minimum absolute atomic E-state index is 0.0691. The van der Waals surface area contributed by atoms with Crippen LogP contribution in [0.3, 0.4) is 0 Å². The summed E-state index contributed by atoms with van der Waals surface area (Å²) < 4.78 is 14.2. The summed E-state index contributed by atoms with van der Waals surface area (Å²) in [4.78, 5) is 38.5. The van der Waals surface area contributed by atoms with Gasteiger partial charge in [-0.05, 0) is 24.5 Å². The number of imide groups is 1. The fourth-order valence-electron chi connectivity index (χ4n) is 3.18. The Morgan fingerprint density at radius 1 is 1.11 bits per heavy atom. The van der Waals surface area contributed by atoms with Crippen LogP contribution in [0.2, 0.25) is 0 Å². The van der Waals surface area contributed by atoms with Crippen LogP contribution in [0.1, 0.15) is 48.2 Å². The predicted octanol–water partition coefficient (Wildman–Crippen LogP) is 3.60. The van der Waals surface area contributed by atoms with Crippen LogP contribution in [0.25, 0.3) is 0 Å². The van der Waals surface area contributed by atoms with Crippen LogP contribution < -0.4 is 5.32 Å². The van der Waals surface area contributed by atoms with E-state index in [-0.39, 0.29) is 11.3 Å². The second-order valence-corrected chi connectivity index (χ2v) is 7.13. The Kier molecular flexibility index (Phi) is 4.83. The van der Waals surface area contributed by atoms with Crippen molar-refractivity contribution in [2.24, 2.45) is 0 Å². The molecule has 5 nitrogen and oxygen atoms in total. The zero-order chi connectivity index (χ0) is 19.8. The van der Waals surface area contributed by atoms with E-state index in [1.165, 1.54) is 25.1 Å². The Balaban J connectivity index is 1.81. The third kappa shape index (κ3) is 3.35. The molecule has 0 spiro atoms. The monoisotopic (exact) mass is 368 g/mol. The summed E-state index contributed by atoms with van der Waals surface area (Å²) in [5.41, 5.74) is 0.0391. The SMILES string of the molecule is CC(C)c1ccc(C(=O)CN2C(=O)NC(C)(c3ccccc3F)C2=O)cc1. The highest BCUT2D eigenvalue weighted by atomic mass is 19.1. The van der Waals surface area contributed by atoms with Crippen LogP contribution in [-0.4, -0.2) is 29.2 Å². The molecule has 1 fully saturated rings. The van der Waals surface area contributed by atoms with Gasteiger partial charge in [0.15, 0.2) is 5.78 Å². The molecule has 1 aliphatic rings. The average Bonchev–Trinajstić information content (AvgIpc) is 2.86.